The van der Waals surface area contributed by atoms with Crippen LogP contribution in [0.2, 0.25) is 5.02 Å². The maximum Gasteiger partial charge on any atom is 0.338 e. The van der Waals surface area contributed by atoms with E-state index in [2.05, 4.69) is 4.98 Å². The Kier molecular flexibility index (Phi) is 4.81. The Hall–Kier alpha value is -2.39. The molecule has 0 unspecified atom stereocenters. The van der Waals surface area contributed by atoms with Crippen LogP contribution >= 0.6 is 11.6 Å². The van der Waals surface area contributed by atoms with Crippen molar-refractivity contribution in [3.63, 3.8) is 0 Å². The predicted octanol–water partition coefficient (Wildman–Crippen LogP) is 5.37. The van der Waals surface area contributed by atoms with E-state index >= 15 is 0 Å². The Bertz CT molecular complexity index is 875. The average molecular weight is 340 g/mol. The second-order valence-corrected chi connectivity index (χ2v) is 6.46. The third-order valence-electron chi connectivity index (χ3n) is 3.63. The van der Waals surface area contributed by atoms with Gasteiger partial charge in [-0.15, -0.1) is 0 Å². The first-order valence-electron chi connectivity index (χ1n) is 7.88. The third-order valence-corrected chi connectivity index (χ3v) is 3.93. The van der Waals surface area contributed by atoms with Crippen LogP contribution in [0.15, 0.2) is 54.6 Å². The standard InChI is InChI=1S/C20H18ClNO2/c1-13(2)12-24-20(23)16-11-18(14-7-4-3-5-8-14)22-19-15(16)9-6-10-17(19)21/h3-11,13H,12H2,1-2H3. The molecule has 0 aliphatic heterocycles. The summed E-state index contributed by atoms with van der Waals surface area (Å²) in [5, 5.41) is 1.22. The molecule has 0 radical (unpaired) electrons. The Labute approximate surface area is 146 Å². The molecule has 0 fully saturated rings. The van der Waals surface area contributed by atoms with Gasteiger partial charge in [0.05, 0.1) is 28.4 Å². The lowest BCUT2D eigenvalue weighted by atomic mass is 10.0. The molecule has 0 spiro atoms. The largest absolute Gasteiger partial charge is 0.462 e. The molecule has 0 bridgehead atoms. The minimum Gasteiger partial charge on any atom is -0.462 e. The van der Waals surface area contributed by atoms with Crippen molar-refractivity contribution in [1.82, 2.24) is 4.98 Å². The highest BCUT2D eigenvalue weighted by atomic mass is 35.5. The quantitative estimate of drug-likeness (QED) is 0.600. The van der Waals surface area contributed by atoms with Gasteiger partial charge >= 0.3 is 5.97 Å². The average Bonchev–Trinajstić information content (AvgIpc) is 2.60. The zero-order valence-electron chi connectivity index (χ0n) is 13.6. The summed E-state index contributed by atoms with van der Waals surface area (Å²) in [7, 11) is 0. The number of fused-ring (bicyclic) bond motifs is 1. The van der Waals surface area contributed by atoms with E-state index in [1.165, 1.54) is 0 Å². The number of para-hydroxylation sites is 1. The van der Waals surface area contributed by atoms with Crippen LogP contribution in [-0.2, 0) is 4.74 Å². The van der Waals surface area contributed by atoms with E-state index in [9.17, 15) is 4.79 Å². The Morgan fingerprint density at radius 3 is 2.58 bits per heavy atom. The van der Waals surface area contributed by atoms with Crippen molar-refractivity contribution < 1.29 is 9.53 Å². The summed E-state index contributed by atoms with van der Waals surface area (Å²) in [5.74, 6) is -0.0743. The SMILES string of the molecule is CC(C)COC(=O)c1cc(-c2ccccc2)nc2c(Cl)cccc12. The zero-order chi connectivity index (χ0) is 17.1. The topological polar surface area (TPSA) is 39.2 Å². The number of hydrogen-bond acceptors (Lipinski definition) is 3. The summed E-state index contributed by atoms with van der Waals surface area (Å²) < 4.78 is 5.42. The number of nitrogens with zero attached hydrogens (tertiary/aromatic N) is 1. The number of carbonyl (C=O) groups excluding carboxylic acids is 1. The van der Waals surface area contributed by atoms with Gasteiger partial charge in [0, 0.05) is 10.9 Å². The highest BCUT2D eigenvalue weighted by Crippen LogP contribution is 2.29. The van der Waals surface area contributed by atoms with Gasteiger partial charge in [-0.2, -0.15) is 0 Å². The second kappa shape index (κ2) is 7.02. The smallest absolute Gasteiger partial charge is 0.338 e. The van der Waals surface area contributed by atoms with Crippen molar-refractivity contribution >= 4 is 28.5 Å². The van der Waals surface area contributed by atoms with Crippen molar-refractivity contribution in [3.05, 3.63) is 65.2 Å². The molecule has 0 saturated heterocycles. The molecule has 0 aliphatic rings. The predicted molar refractivity (Wildman–Crippen MR) is 97.3 cm³/mol. The summed E-state index contributed by atoms with van der Waals surface area (Å²) >= 11 is 6.31. The monoisotopic (exact) mass is 339 g/mol. The van der Waals surface area contributed by atoms with Gasteiger partial charge in [0.2, 0.25) is 0 Å². The molecule has 3 nitrogen and oxygen atoms in total. The van der Waals surface area contributed by atoms with Gasteiger partial charge in [-0.25, -0.2) is 9.78 Å². The maximum absolute atomic E-state index is 12.6. The van der Waals surface area contributed by atoms with Crippen LogP contribution < -0.4 is 0 Å². The Morgan fingerprint density at radius 2 is 1.88 bits per heavy atom. The Balaban J connectivity index is 2.15. The van der Waals surface area contributed by atoms with E-state index < -0.39 is 0 Å². The fourth-order valence-electron chi connectivity index (χ4n) is 2.46. The number of benzene rings is 2. The van der Waals surface area contributed by atoms with Crippen LogP contribution in [0, 0.1) is 5.92 Å². The van der Waals surface area contributed by atoms with Crippen molar-refractivity contribution in [3.8, 4) is 11.3 Å². The molecule has 0 saturated carbocycles. The number of esters is 1. The summed E-state index contributed by atoms with van der Waals surface area (Å²) in [6.07, 6.45) is 0. The first kappa shape index (κ1) is 16.5. The van der Waals surface area contributed by atoms with E-state index in [0.717, 1.165) is 5.56 Å². The van der Waals surface area contributed by atoms with E-state index in [-0.39, 0.29) is 11.9 Å². The molecule has 3 rings (SSSR count). The van der Waals surface area contributed by atoms with Gasteiger partial charge in [-0.1, -0.05) is 67.9 Å². The second-order valence-electron chi connectivity index (χ2n) is 6.05. The first-order valence-corrected chi connectivity index (χ1v) is 8.26. The fourth-order valence-corrected chi connectivity index (χ4v) is 2.68. The van der Waals surface area contributed by atoms with Crippen molar-refractivity contribution in [2.45, 2.75) is 13.8 Å². The highest BCUT2D eigenvalue weighted by molar-refractivity contribution is 6.35. The fraction of sp³-hybridized carbons (Fsp3) is 0.200. The van der Waals surface area contributed by atoms with Crippen LogP contribution in [0.3, 0.4) is 0 Å². The molecule has 24 heavy (non-hydrogen) atoms. The van der Waals surface area contributed by atoms with Crippen LogP contribution in [0.25, 0.3) is 22.2 Å². The van der Waals surface area contributed by atoms with E-state index in [1.807, 2.05) is 56.3 Å². The number of ether oxygens (including phenoxy) is 1. The first-order chi connectivity index (χ1) is 11.6. The number of carbonyl (C=O) groups is 1. The number of hydrogen-bond donors (Lipinski definition) is 0. The lowest BCUT2D eigenvalue weighted by Crippen LogP contribution is -2.11. The van der Waals surface area contributed by atoms with Gasteiger partial charge in [0.15, 0.2) is 0 Å². The molecule has 1 aromatic heterocycles. The minimum absolute atomic E-state index is 0.277. The summed E-state index contributed by atoms with van der Waals surface area (Å²) in [6.45, 7) is 4.39. The molecule has 0 amide bonds. The molecule has 4 heteroatoms. The zero-order valence-corrected chi connectivity index (χ0v) is 14.4. The maximum atomic E-state index is 12.6. The molecule has 122 valence electrons. The van der Waals surface area contributed by atoms with Gasteiger partial charge < -0.3 is 4.74 Å². The molecule has 0 atom stereocenters. The lowest BCUT2D eigenvalue weighted by molar-refractivity contribution is 0.0461. The van der Waals surface area contributed by atoms with E-state index in [1.54, 1.807) is 12.1 Å². The lowest BCUT2D eigenvalue weighted by Gasteiger charge is -2.12. The third kappa shape index (κ3) is 3.41. The van der Waals surface area contributed by atoms with Gasteiger partial charge in [-0.05, 0) is 18.1 Å². The Morgan fingerprint density at radius 1 is 1.12 bits per heavy atom. The number of pyridine rings is 1. The molecule has 2 aromatic carbocycles. The normalized spacial score (nSPS) is 11.0. The molecular weight excluding hydrogens is 322 g/mol. The molecule has 3 aromatic rings. The number of aromatic nitrogens is 1. The summed E-state index contributed by atoms with van der Waals surface area (Å²) in [6, 6.07) is 16.9. The minimum atomic E-state index is -0.351. The van der Waals surface area contributed by atoms with Gasteiger partial charge in [0.1, 0.15) is 0 Å². The molecule has 0 aliphatic carbocycles. The van der Waals surface area contributed by atoms with Crippen LogP contribution in [0.4, 0.5) is 0 Å². The van der Waals surface area contributed by atoms with E-state index in [0.29, 0.717) is 33.8 Å². The van der Waals surface area contributed by atoms with Crippen LogP contribution in [0.1, 0.15) is 24.2 Å². The van der Waals surface area contributed by atoms with E-state index in [4.69, 9.17) is 16.3 Å². The van der Waals surface area contributed by atoms with Crippen molar-refractivity contribution in [2.24, 2.45) is 5.92 Å². The van der Waals surface area contributed by atoms with Gasteiger partial charge in [0.25, 0.3) is 0 Å². The molecular formula is C20H18ClNO2. The van der Waals surface area contributed by atoms with Crippen LogP contribution in [0.5, 0.6) is 0 Å². The molecule has 1 heterocycles. The molecule has 0 N–H and O–H groups in total. The van der Waals surface area contributed by atoms with Crippen LogP contribution in [-0.4, -0.2) is 17.6 Å². The van der Waals surface area contributed by atoms with Gasteiger partial charge in [-0.3, -0.25) is 0 Å². The van der Waals surface area contributed by atoms with Crippen molar-refractivity contribution in [1.29, 1.82) is 0 Å². The summed E-state index contributed by atoms with van der Waals surface area (Å²) in [5.41, 5.74) is 2.73. The number of halogens is 1. The van der Waals surface area contributed by atoms with Crippen molar-refractivity contribution in [2.75, 3.05) is 6.61 Å². The summed E-state index contributed by atoms with van der Waals surface area (Å²) in [4.78, 5) is 17.2. The highest BCUT2D eigenvalue weighted by Gasteiger charge is 2.17. The number of rotatable bonds is 4.